The van der Waals surface area contributed by atoms with Crippen LogP contribution in [0, 0.1) is 13.8 Å². The van der Waals surface area contributed by atoms with Gasteiger partial charge in [-0.15, -0.1) is 0 Å². The average Bonchev–Trinajstić information content (AvgIpc) is 2.74. The van der Waals surface area contributed by atoms with E-state index in [1.54, 1.807) is 20.8 Å². The Morgan fingerprint density at radius 2 is 1.71 bits per heavy atom. The summed E-state index contributed by atoms with van der Waals surface area (Å²) in [6.45, 7) is 14.7. The monoisotopic (exact) mass is 477 g/mol. The predicted octanol–water partition coefficient (Wildman–Crippen LogP) is 3.77. The van der Waals surface area contributed by atoms with Gasteiger partial charge in [-0.1, -0.05) is 38.5 Å². The van der Waals surface area contributed by atoms with Crippen molar-refractivity contribution in [1.82, 2.24) is 15.5 Å². The van der Waals surface area contributed by atoms with Gasteiger partial charge in [0, 0.05) is 12.6 Å². The molecule has 1 aromatic carbocycles. The van der Waals surface area contributed by atoms with Gasteiger partial charge in [-0.25, -0.2) is 4.79 Å². The smallest absolute Gasteiger partial charge is 0.408 e. The van der Waals surface area contributed by atoms with Gasteiger partial charge in [0.25, 0.3) is 0 Å². The van der Waals surface area contributed by atoms with E-state index in [1.165, 1.54) is 4.90 Å². The van der Waals surface area contributed by atoms with Crippen molar-refractivity contribution in [1.29, 1.82) is 0 Å². The molecule has 3 N–H and O–H groups in total. The molecule has 0 aliphatic carbocycles. The predicted molar refractivity (Wildman–Crippen MR) is 133 cm³/mol. The summed E-state index contributed by atoms with van der Waals surface area (Å²) in [6.07, 6.45) is 1.52. The number of unbranched alkanes of at least 4 members (excludes halogenated alkanes) is 1. The lowest BCUT2D eigenvalue weighted by Gasteiger charge is -2.39. The van der Waals surface area contributed by atoms with Gasteiger partial charge in [-0.3, -0.25) is 9.59 Å². The van der Waals surface area contributed by atoms with Crippen LogP contribution in [0.25, 0.3) is 0 Å². The fourth-order valence-corrected chi connectivity index (χ4v) is 3.75. The number of carbonyl (C=O) groups is 3. The Morgan fingerprint density at radius 1 is 1.12 bits per heavy atom. The maximum Gasteiger partial charge on any atom is 0.408 e. The van der Waals surface area contributed by atoms with E-state index in [2.05, 4.69) is 10.6 Å². The Hall–Kier alpha value is -2.61. The molecule has 1 aromatic rings. The van der Waals surface area contributed by atoms with Gasteiger partial charge < -0.3 is 25.4 Å². The van der Waals surface area contributed by atoms with Gasteiger partial charge in [0.1, 0.15) is 17.7 Å². The van der Waals surface area contributed by atoms with Crippen LogP contribution >= 0.6 is 0 Å². The molecule has 3 atom stereocenters. The van der Waals surface area contributed by atoms with Crippen LogP contribution in [0.5, 0.6) is 0 Å². The zero-order valence-corrected chi connectivity index (χ0v) is 22.0. The van der Waals surface area contributed by atoms with Crippen LogP contribution in [0.3, 0.4) is 0 Å². The van der Waals surface area contributed by atoms with Crippen LogP contribution in [0.4, 0.5) is 4.79 Å². The highest BCUT2D eigenvalue weighted by atomic mass is 16.6. The largest absolute Gasteiger partial charge is 0.444 e. The number of ether oxygens (including phenoxy) is 1. The van der Waals surface area contributed by atoms with Gasteiger partial charge in [0.15, 0.2) is 0 Å². The molecular formula is C26H43N3O5. The standard InChI is InChI=1S/C26H43N3O5/c1-9-11-15-27-23(31)22(21-17(3)13-12-14-18(21)4)29(19(5)10-2)24(32)20(16-30)28-25(33)34-26(6,7)8/h12-14,19-20,22,30H,9-11,15-16H2,1-8H3,(H,27,31)(H,28,33). The molecule has 0 spiro atoms. The second kappa shape index (κ2) is 13.3. The molecule has 0 aromatic heterocycles. The molecule has 0 aliphatic rings. The minimum Gasteiger partial charge on any atom is -0.444 e. The van der Waals surface area contributed by atoms with Crippen molar-refractivity contribution >= 4 is 17.9 Å². The van der Waals surface area contributed by atoms with E-state index in [-0.39, 0.29) is 11.9 Å². The number of alkyl carbamates (subject to hydrolysis) is 1. The van der Waals surface area contributed by atoms with Crippen molar-refractivity contribution in [3.05, 3.63) is 34.9 Å². The SMILES string of the molecule is CCCCNC(=O)C(c1c(C)cccc1C)N(C(=O)C(CO)NC(=O)OC(C)(C)C)C(C)CC. The highest BCUT2D eigenvalue weighted by Gasteiger charge is 2.39. The third-order valence-corrected chi connectivity index (χ3v) is 5.66. The molecule has 0 saturated carbocycles. The third-order valence-electron chi connectivity index (χ3n) is 5.66. The van der Waals surface area contributed by atoms with Gasteiger partial charge in [0.2, 0.25) is 11.8 Å². The van der Waals surface area contributed by atoms with E-state index in [1.807, 2.05) is 52.8 Å². The molecule has 1 rings (SSSR count). The van der Waals surface area contributed by atoms with E-state index in [9.17, 15) is 19.5 Å². The fourth-order valence-electron chi connectivity index (χ4n) is 3.75. The van der Waals surface area contributed by atoms with Gasteiger partial charge in [-0.2, -0.15) is 0 Å². The van der Waals surface area contributed by atoms with Crippen LogP contribution in [0.1, 0.15) is 83.5 Å². The maximum absolute atomic E-state index is 13.8. The number of carbonyl (C=O) groups excluding carboxylic acids is 3. The van der Waals surface area contributed by atoms with Crippen molar-refractivity contribution < 1.29 is 24.2 Å². The average molecular weight is 478 g/mol. The van der Waals surface area contributed by atoms with E-state index in [0.29, 0.717) is 13.0 Å². The van der Waals surface area contributed by atoms with Crippen molar-refractivity contribution in [3.63, 3.8) is 0 Å². The van der Waals surface area contributed by atoms with Gasteiger partial charge >= 0.3 is 6.09 Å². The van der Waals surface area contributed by atoms with Crippen molar-refractivity contribution in [3.8, 4) is 0 Å². The van der Waals surface area contributed by atoms with Crippen molar-refractivity contribution in [2.45, 2.75) is 98.4 Å². The second-order valence-electron chi connectivity index (χ2n) is 9.74. The topological polar surface area (TPSA) is 108 Å². The Morgan fingerprint density at radius 3 is 2.18 bits per heavy atom. The Bertz CT molecular complexity index is 814. The molecule has 0 aliphatic heterocycles. The van der Waals surface area contributed by atoms with Gasteiger partial charge in [-0.05, 0) is 71.1 Å². The third kappa shape index (κ3) is 8.31. The first-order valence-electron chi connectivity index (χ1n) is 12.1. The summed E-state index contributed by atoms with van der Waals surface area (Å²) >= 11 is 0. The highest BCUT2D eigenvalue weighted by Crippen LogP contribution is 2.31. The Kier molecular flexibility index (Phi) is 11.5. The minimum absolute atomic E-state index is 0.284. The molecule has 3 unspecified atom stereocenters. The lowest BCUT2D eigenvalue weighted by Crippen LogP contribution is -2.56. The number of aliphatic hydroxyl groups excluding tert-OH is 1. The number of nitrogens with one attached hydrogen (secondary N) is 2. The first kappa shape index (κ1) is 29.4. The second-order valence-corrected chi connectivity index (χ2v) is 9.74. The molecule has 34 heavy (non-hydrogen) atoms. The number of rotatable bonds is 11. The van der Waals surface area contributed by atoms with Crippen LogP contribution < -0.4 is 10.6 Å². The van der Waals surface area contributed by atoms with Crippen LogP contribution in [0.15, 0.2) is 18.2 Å². The number of hydrogen-bond donors (Lipinski definition) is 3. The number of amides is 3. The van der Waals surface area contributed by atoms with Crippen molar-refractivity contribution in [2.75, 3.05) is 13.2 Å². The maximum atomic E-state index is 13.8. The summed E-state index contributed by atoms with van der Waals surface area (Å²) < 4.78 is 5.27. The molecule has 0 fully saturated rings. The molecule has 3 amide bonds. The molecule has 8 heteroatoms. The lowest BCUT2D eigenvalue weighted by atomic mass is 9.92. The van der Waals surface area contributed by atoms with Gasteiger partial charge in [0.05, 0.1) is 6.61 Å². The quantitative estimate of drug-likeness (QED) is 0.421. The van der Waals surface area contributed by atoms with E-state index >= 15 is 0 Å². The molecular weight excluding hydrogens is 434 g/mol. The zero-order chi connectivity index (χ0) is 26.1. The van der Waals surface area contributed by atoms with E-state index in [4.69, 9.17) is 4.74 Å². The summed E-state index contributed by atoms with van der Waals surface area (Å²) in [5.41, 5.74) is 1.76. The number of nitrogens with zero attached hydrogens (tertiary/aromatic N) is 1. The summed E-state index contributed by atoms with van der Waals surface area (Å²) in [7, 11) is 0. The molecule has 0 bridgehead atoms. The summed E-state index contributed by atoms with van der Waals surface area (Å²) in [4.78, 5) is 41.1. The molecule has 192 valence electrons. The first-order chi connectivity index (χ1) is 15.9. The van der Waals surface area contributed by atoms with Crippen LogP contribution in [-0.4, -0.2) is 58.8 Å². The molecule has 0 saturated heterocycles. The summed E-state index contributed by atoms with van der Waals surface area (Å²) in [5, 5.41) is 15.4. The minimum atomic E-state index is -1.25. The number of benzene rings is 1. The molecule has 8 nitrogen and oxygen atoms in total. The first-order valence-corrected chi connectivity index (χ1v) is 12.1. The Balaban J connectivity index is 3.48. The van der Waals surface area contributed by atoms with Crippen molar-refractivity contribution in [2.24, 2.45) is 0 Å². The fraction of sp³-hybridized carbons (Fsp3) is 0.654. The zero-order valence-electron chi connectivity index (χ0n) is 22.0. The Labute approximate surface area is 204 Å². The number of aryl methyl sites for hydroxylation is 2. The van der Waals surface area contributed by atoms with Crippen LogP contribution in [0.2, 0.25) is 0 Å². The normalized spacial score (nSPS) is 14.0. The van der Waals surface area contributed by atoms with E-state index < -0.39 is 36.3 Å². The van der Waals surface area contributed by atoms with Crippen LogP contribution in [-0.2, 0) is 14.3 Å². The summed E-state index contributed by atoms with van der Waals surface area (Å²) in [6, 6.07) is 3.25. The van der Waals surface area contributed by atoms with E-state index in [0.717, 1.165) is 29.5 Å². The number of hydrogen-bond acceptors (Lipinski definition) is 5. The summed E-state index contributed by atoms with van der Waals surface area (Å²) in [5.74, 6) is -0.825. The molecule has 0 heterocycles. The molecule has 0 radical (unpaired) electrons. The number of aliphatic hydroxyl groups is 1. The highest BCUT2D eigenvalue weighted by molar-refractivity contribution is 5.92. The lowest BCUT2D eigenvalue weighted by molar-refractivity contribution is -0.145.